The SMILES string of the molecule is c1ccc2c(c1)sc1c2ccc2c1c1ccncc1c1nccn21. The predicted octanol–water partition coefficient (Wildman–Crippen LogP) is 5.40. The Morgan fingerprint density at radius 2 is 1.79 bits per heavy atom. The number of nitrogens with zero attached hydrogens (tertiary/aromatic N) is 3. The summed E-state index contributed by atoms with van der Waals surface area (Å²) >= 11 is 1.86. The van der Waals surface area contributed by atoms with Gasteiger partial charge in [-0.2, -0.15) is 0 Å². The van der Waals surface area contributed by atoms with Crippen LogP contribution in [-0.4, -0.2) is 14.4 Å². The molecule has 0 atom stereocenters. The van der Waals surface area contributed by atoms with Crippen LogP contribution in [0, 0.1) is 0 Å². The number of rotatable bonds is 0. The monoisotopic (exact) mass is 325 g/mol. The zero-order valence-electron chi connectivity index (χ0n) is 12.6. The Morgan fingerprint density at radius 3 is 2.79 bits per heavy atom. The molecule has 0 bridgehead atoms. The van der Waals surface area contributed by atoms with E-state index < -0.39 is 0 Å². The van der Waals surface area contributed by atoms with Gasteiger partial charge in [0.2, 0.25) is 0 Å². The van der Waals surface area contributed by atoms with Crippen LogP contribution in [-0.2, 0) is 0 Å². The van der Waals surface area contributed by atoms with Crippen molar-refractivity contribution < 1.29 is 0 Å². The van der Waals surface area contributed by atoms with E-state index in [0.717, 1.165) is 11.0 Å². The number of imidazole rings is 1. The predicted molar refractivity (Wildman–Crippen MR) is 101 cm³/mol. The number of pyridine rings is 2. The van der Waals surface area contributed by atoms with Gasteiger partial charge in [0.25, 0.3) is 0 Å². The van der Waals surface area contributed by atoms with Gasteiger partial charge in [-0.1, -0.05) is 24.3 Å². The van der Waals surface area contributed by atoms with E-state index in [-0.39, 0.29) is 0 Å². The Labute approximate surface area is 140 Å². The lowest BCUT2D eigenvalue weighted by molar-refractivity contribution is 1.27. The van der Waals surface area contributed by atoms with Gasteiger partial charge >= 0.3 is 0 Å². The largest absolute Gasteiger partial charge is 0.299 e. The standard InChI is InChI=1S/C20H11N3S/c1-2-4-17-12(3-1)14-5-6-16-18(19(14)24-17)13-7-8-21-11-15(13)20-22-9-10-23(16)20/h1-11H. The van der Waals surface area contributed by atoms with Crippen molar-refractivity contribution in [1.82, 2.24) is 14.4 Å². The van der Waals surface area contributed by atoms with Crippen molar-refractivity contribution in [2.24, 2.45) is 0 Å². The molecule has 3 nitrogen and oxygen atoms in total. The van der Waals surface area contributed by atoms with E-state index in [1.165, 1.54) is 36.5 Å². The molecule has 24 heavy (non-hydrogen) atoms. The molecule has 0 aliphatic heterocycles. The topological polar surface area (TPSA) is 30.2 Å². The highest BCUT2D eigenvalue weighted by atomic mass is 32.1. The van der Waals surface area contributed by atoms with Gasteiger partial charge in [0.15, 0.2) is 0 Å². The maximum absolute atomic E-state index is 4.55. The number of benzene rings is 2. The highest BCUT2D eigenvalue weighted by molar-refractivity contribution is 7.26. The molecule has 0 aliphatic rings. The Morgan fingerprint density at radius 1 is 0.833 bits per heavy atom. The lowest BCUT2D eigenvalue weighted by Gasteiger charge is -2.08. The van der Waals surface area contributed by atoms with Crippen molar-refractivity contribution in [2.45, 2.75) is 0 Å². The van der Waals surface area contributed by atoms with Crippen LogP contribution in [0.3, 0.4) is 0 Å². The zero-order chi connectivity index (χ0) is 15.7. The fraction of sp³-hybridized carbons (Fsp3) is 0. The molecule has 2 aromatic carbocycles. The van der Waals surface area contributed by atoms with Crippen LogP contribution in [0.2, 0.25) is 0 Å². The molecule has 4 heterocycles. The second-order valence-electron chi connectivity index (χ2n) is 5.98. The van der Waals surface area contributed by atoms with Gasteiger partial charge in [-0.25, -0.2) is 4.98 Å². The fourth-order valence-electron chi connectivity index (χ4n) is 3.73. The molecule has 0 saturated carbocycles. The van der Waals surface area contributed by atoms with E-state index in [1.807, 2.05) is 36.1 Å². The molecule has 0 unspecified atom stereocenters. The normalized spacial score (nSPS) is 12.2. The van der Waals surface area contributed by atoms with Gasteiger partial charge in [0, 0.05) is 55.7 Å². The maximum atomic E-state index is 4.55. The quantitative estimate of drug-likeness (QED) is 0.350. The summed E-state index contributed by atoms with van der Waals surface area (Å²) < 4.78 is 4.83. The van der Waals surface area contributed by atoms with Crippen molar-refractivity contribution in [2.75, 3.05) is 0 Å². The maximum Gasteiger partial charge on any atom is 0.146 e. The average molecular weight is 325 g/mol. The molecule has 0 spiro atoms. The Hall–Kier alpha value is -2.98. The van der Waals surface area contributed by atoms with Gasteiger partial charge in [-0.05, 0) is 23.6 Å². The summed E-state index contributed by atoms with van der Waals surface area (Å²) in [5.41, 5.74) is 2.16. The molecule has 0 N–H and O–H groups in total. The lowest BCUT2D eigenvalue weighted by Crippen LogP contribution is -1.91. The number of fused-ring (bicyclic) bond motifs is 10. The van der Waals surface area contributed by atoms with E-state index in [9.17, 15) is 0 Å². The molecule has 0 aliphatic carbocycles. The van der Waals surface area contributed by atoms with Gasteiger partial charge in [0.05, 0.1) is 5.52 Å². The van der Waals surface area contributed by atoms with Crippen molar-refractivity contribution in [1.29, 1.82) is 0 Å². The van der Waals surface area contributed by atoms with Crippen LogP contribution < -0.4 is 0 Å². The highest BCUT2D eigenvalue weighted by Gasteiger charge is 2.14. The average Bonchev–Trinajstić information content (AvgIpc) is 3.26. The second-order valence-corrected chi connectivity index (χ2v) is 7.03. The van der Waals surface area contributed by atoms with Gasteiger partial charge in [-0.15, -0.1) is 11.3 Å². The van der Waals surface area contributed by atoms with Gasteiger partial charge in [0.1, 0.15) is 5.65 Å². The first-order chi connectivity index (χ1) is 11.9. The summed E-state index contributed by atoms with van der Waals surface area (Å²) in [6, 6.07) is 15.2. The van der Waals surface area contributed by atoms with E-state index in [0.29, 0.717) is 0 Å². The van der Waals surface area contributed by atoms with E-state index >= 15 is 0 Å². The molecular formula is C20H11N3S. The Balaban J connectivity index is 2.03. The number of thiophene rings is 1. The Kier molecular flexibility index (Phi) is 2.23. The summed E-state index contributed by atoms with van der Waals surface area (Å²) in [5.74, 6) is 0. The molecule has 4 heteroatoms. The van der Waals surface area contributed by atoms with Crippen LogP contribution in [0.15, 0.2) is 67.3 Å². The number of hydrogen-bond donors (Lipinski definition) is 0. The first kappa shape index (κ1) is 12.4. The third-order valence-electron chi connectivity index (χ3n) is 4.76. The summed E-state index contributed by atoms with van der Waals surface area (Å²) in [4.78, 5) is 8.87. The van der Waals surface area contributed by atoms with Crippen molar-refractivity contribution in [3.05, 3.63) is 67.3 Å². The van der Waals surface area contributed by atoms with Crippen LogP contribution in [0.25, 0.3) is 47.5 Å². The van der Waals surface area contributed by atoms with Crippen LogP contribution in [0.4, 0.5) is 0 Å². The van der Waals surface area contributed by atoms with Crippen LogP contribution in [0.1, 0.15) is 0 Å². The molecule has 6 rings (SSSR count). The summed E-state index contributed by atoms with van der Waals surface area (Å²) in [7, 11) is 0. The summed E-state index contributed by atoms with van der Waals surface area (Å²) in [6.07, 6.45) is 7.68. The lowest BCUT2D eigenvalue weighted by atomic mass is 10.0. The summed E-state index contributed by atoms with van der Waals surface area (Å²) in [5, 5.41) is 6.25. The smallest absolute Gasteiger partial charge is 0.146 e. The minimum absolute atomic E-state index is 0.964. The number of hydrogen-bond acceptors (Lipinski definition) is 3. The molecule has 0 radical (unpaired) electrons. The molecule has 0 fully saturated rings. The first-order valence-corrected chi connectivity index (χ1v) is 8.66. The fourth-order valence-corrected chi connectivity index (χ4v) is 4.99. The molecule has 0 amide bonds. The molecule has 4 aromatic heterocycles. The minimum atomic E-state index is 0.964. The highest BCUT2D eigenvalue weighted by Crippen LogP contribution is 2.41. The molecule has 6 aromatic rings. The van der Waals surface area contributed by atoms with Crippen molar-refractivity contribution in [3.8, 4) is 0 Å². The summed E-state index contributed by atoms with van der Waals surface area (Å²) in [6.45, 7) is 0. The van der Waals surface area contributed by atoms with Crippen LogP contribution in [0.5, 0.6) is 0 Å². The zero-order valence-corrected chi connectivity index (χ0v) is 13.4. The number of aromatic nitrogens is 3. The van der Waals surface area contributed by atoms with E-state index in [1.54, 1.807) is 0 Å². The van der Waals surface area contributed by atoms with Gasteiger partial charge in [-0.3, -0.25) is 9.38 Å². The van der Waals surface area contributed by atoms with Crippen molar-refractivity contribution >= 4 is 58.8 Å². The van der Waals surface area contributed by atoms with Crippen LogP contribution >= 0.6 is 11.3 Å². The van der Waals surface area contributed by atoms with E-state index in [4.69, 9.17) is 0 Å². The third kappa shape index (κ3) is 1.42. The minimum Gasteiger partial charge on any atom is -0.299 e. The van der Waals surface area contributed by atoms with Crippen molar-refractivity contribution in [3.63, 3.8) is 0 Å². The molecular weight excluding hydrogens is 314 g/mol. The first-order valence-electron chi connectivity index (χ1n) is 7.84. The Bertz CT molecular complexity index is 1410. The van der Waals surface area contributed by atoms with E-state index in [2.05, 4.69) is 56.8 Å². The second kappa shape index (κ2) is 4.30. The molecule has 112 valence electrons. The third-order valence-corrected chi connectivity index (χ3v) is 5.96. The van der Waals surface area contributed by atoms with Gasteiger partial charge < -0.3 is 0 Å². The molecule has 0 saturated heterocycles.